The van der Waals surface area contributed by atoms with Gasteiger partial charge in [-0.15, -0.1) is 0 Å². The lowest BCUT2D eigenvalue weighted by Crippen LogP contribution is -2.42. The third-order valence-electron chi connectivity index (χ3n) is 4.65. The van der Waals surface area contributed by atoms with Crippen LogP contribution in [0.2, 0.25) is 0 Å². The summed E-state index contributed by atoms with van der Waals surface area (Å²) in [6, 6.07) is 9.55. The normalized spacial score (nSPS) is 26.4. The second-order valence-corrected chi connectivity index (χ2v) is 8.05. The van der Waals surface area contributed by atoms with E-state index in [1.54, 1.807) is 24.3 Å². The third kappa shape index (κ3) is 2.79. The summed E-state index contributed by atoms with van der Waals surface area (Å²) in [6.45, 7) is 3.28. The van der Waals surface area contributed by atoms with Gasteiger partial charge in [0.25, 0.3) is 0 Å². The van der Waals surface area contributed by atoms with Gasteiger partial charge in [0.1, 0.15) is 0 Å². The van der Waals surface area contributed by atoms with Gasteiger partial charge in [-0.05, 0) is 44.4 Å². The Labute approximate surface area is 127 Å². The molecule has 0 aliphatic carbocycles. The Balaban J connectivity index is 1.95. The number of rotatable bonds is 4. The second-order valence-electron chi connectivity index (χ2n) is 6.04. The monoisotopic (exact) mass is 305 g/mol. The highest BCUT2D eigenvalue weighted by Gasteiger charge is 2.37. The molecule has 0 amide bonds. The topological polar surface area (TPSA) is 37.4 Å². The Bertz CT molecular complexity index is 621. The van der Waals surface area contributed by atoms with E-state index in [9.17, 15) is 8.42 Å². The summed E-state index contributed by atoms with van der Waals surface area (Å²) in [5, 5.41) is 0. The number of hydrogen-bond donors (Lipinski definition) is 0. The van der Waals surface area contributed by atoms with Crippen LogP contribution < -0.4 is 0 Å². The maximum atomic E-state index is 12.8. The van der Waals surface area contributed by atoms with Crippen LogP contribution in [0.1, 0.15) is 39.0 Å². The zero-order valence-corrected chi connectivity index (χ0v) is 13.3. The molecule has 3 rings (SSSR count). The molecule has 2 heterocycles. The molecular weight excluding hydrogens is 282 g/mol. The fourth-order valence-corrected chi connectivity index (χ4v) is 5.19. The number of sulfone groups is 1. The van der Waals surface area contributed by atoms with Gasteiger partial charge in [0.15, 0.2) is 0 Å². The molecule has 3 nitrogen and oxygen atoms in total. The first-order valence-corrected chi connectivity index (χ1v) is 9.38. The highest BCUT2D eigenvalue weighted by Crippen LogP contribution is 2.36. The largest absolute Gasteiger partial charge is 0.294 e. The molecule has 21 heavy (non-hydrogen) atoms. The van der Waals surface area contributed by atoms with Crippen LogP contribution >= 0.6 is 0 Å². The zero-order valence-electron chi connectivity index (χ0n) is 12.5. The van der Waals surface area contributed by atoms with E-state index in [0.717, 1.165) is 25.8 Å². The van der Waals surface area contributed by atoms with Gasteiger partial charge >= 0.3 is 0 Å². The van der Waals surface area contributed by atoms with Gasteiger partial charge in [0.2, 0.25) is 9.84 Å². The predicted octanol–water partition coefficient (Wildman–Crippen LogP) is 3.38. The Hall–Kier alpha value is -1.13. The molecule has 0 radical (unpaired) electrons. The lowest BCUT2D eigenvalue weighted by Gasteiger charge is -2.36. The van der Waals surface area contributed by atoms with Crippen molar-refractivity contribution < 1.29 is 8.42 Å². The smallest absolute Gasteiger partial charge is 0.202 e. The molecule has 0 aromatic heterocycles. The van der Waals surface area contributed by atoms with Crippen molar-refractivity contribution in [2.24, 2.45) is 0 Å². The van der Waals surface area contributed by atoms with Crippen molar-refractivity contribution in [2.75, 3.05) is 6.54 Å². The summed E-state index contributed by atoms with van der Waals surface area (Å²) in [7, 11) is -3.32. The summed E-state index contributed by atoms with van der Waals surface area (Å²) in [4.78, 5) is 3.57. The molecule has 1 aromatic rings. The Morgan fingerprint density at radius 1 is 1.24 bits per heavy atom. The molecule has 2 aliphatic rings. The molecule has 114 valence electrons. The first kappa shape index (κ1) is 14.8. The first-order valence-electron chi connectivity index (χ1n) is 7.89. The minimum atomic E-state index is -3.32. The van der Waals surface area contributed by atoms with E-state index in [4.69, 9.17) is 0 Å². The van der Waals surface area contributed by atoms with E-state index in [1.165, 1.54) is 6.42 Å². The highest BCUT2D eigenvalue weighted by atomic mass is 32.2. The standard InChI is InChI=1S/C17H23NO2S/c1-2-7-14-12-17(13-15-8-6-11-18(14)15)21(19,20)16-9-4-3-5-10-16/h3-5,9-10,12,14-15H,2,6-8,11,13H2,1H3/t14-,15+/m0/s1. The quantitative estimate of drug-likeness (QED) is 0.856. The molecule has 0 unspecified atom stereocenters. The van der Waals surface area contributed by atoms with Gasteiger partial charge in [-0.3, -0.25) is 4.90 Å². The molecule has 1 aromatic carbocycles. The molecule has 0 N–H and O–H groups in total. The lowest BCUT2D eigenvalue weighted by molar-refractivity contribution is 0.189. The van der Waals surface area contributed by atoms with Crippen molar-refractivity contribution in [2.45, 2.75) is 56.0 Å². The minimum Gasteiger partial charge on any atom is -0.294 e. The average molecular weight is 305 g/mol. The van der Waals surface area contributed by atoms with E-state index in [-0.39, 0.29) is 0 Å². The molecule has 1 saturated heterocycles. The van der Waals surface area contributed by atoms with Crippen molar-refractivity contribution in [3.8, 4) is 0 Å². The lowest BCUT2D eigenvalue weighted by atomic mass is 10.0. The number of nitrogens with zero attached hydrogens (tertiary/aromatic N) is 1. The summed E-state index contributed by atoms with van der Waals surface area (Å²) >= 11 is 0. The highest BCUT2D eigenvalue weighted by molar-refractivity contribution is 7.95. The maximum absolute atomic E-state index is 12.8. The van der Waals surface area contributed by atoms with Gasteiger partial charge in [0, 0.05) is 17.0 Å². The summed E-state index contributed by atoms with van der Waals surface area (Å²) in [5.41, 5.74) is 0. The van der Waals surface area contributed by atoms with E-state index in [2.05, 4.69) is 11.8 Å². The van der Waals surface area contributed by atoms with Crippen LogP contribution in [-0.2, 0) is 9.84 Å². The maximum Gasteiger partial charge on any atom is 0.202 e. The molecular formula is C17H23NO2S. The zero-order chi connectivity index (χ0) is 14.9. The fraction of sp³-hybridized carbons (Fsp3) is 0.529. The van der Waals surface area contributed by atoms with Crippen molar-refractivity contribution >= 4 is 9.84 Å². The van der Waals surface area contributed by atoms with Crippen molar-refractivity contribution in [1.82, 2.24) is 4.90 Å². The van der Waals surface area contributed by atoms with Gasteiger partial charge in [-0.2, -0.15) is 0 Å². The van der Waals surface area contributed by atoms with Crippen LogP contribution in [0.15, 0.2) is 46.2 Å². The van der Waals surface area contributed by atoms with Gasteiger partial charge in [-0.25, -0.2) is 8.42 Å². The summed E-state index contributed by atoms with van der Waals surface area (Å²) in [5.74, 6) is 0. The van der Waals surface area contributed by atoms with Gasteiger partial charge in [0.05, 0.1) is 4.90 Å². The molecule has 1 fully saturated rings. The van der Waals surface area contributed by atoms with E-state index in [0.29, 0.717) is 28.3 Å². The second kappa shape index (κ2) is 5.93. The van der Waals surface area contributed by atoms with Crippen molar-refractivity contribution in [1.29, 1.82) is 0 Å². The van der Waals surface area contributed by atoms with Crippen LogP contribution in [0.3, 0.4) is 0 Å². The molecule has 2 atom stereocenters. The number of benzene rings is 1. The van der Waals surface area contributed by atoms with Crippen LogP contribution in [0.5, 0.6) is 0 Å². The molecule has 0 bridgehead atoms. The average Bonchev–Trinajstić information content (AvgIpc) is 2.97. The molecule has 0 spiro atoms. The van der Waals surface area contributed by atoms with Crippen molar-refractivity contribution in [3.05, 3.63) is 41.3 Å². The Kier molecular flexibility index (Phi) is 4.18. The van der Waals surface area contributed by atoms with Gasteiger partial charge in [-0.1, -0.05) is 37.6 Å². The van der Waals surface area contributed by atoms with Crippen LogP contribution in [0.25, 0.3) is 0 Å². The molecule has 0 saturated carbocycles. The van der Waals surface area contributed by atoms with Crippen LogP contribution in [0, 0.1) is 0 Å². The minimum absolute atomic E-state index is 0.296. The summed E-state index contributed by atoms with van der Waals surface area (Å²) < 4.78 is 25.7. The predicted molar refractivity (Wildman–Crippen MR) is 84.8 cm³/mol. The Morgan fingerprint density at radius 3 is 2.71 bits per heavy atom. The first-order chi connectivity index (χ1) is 10.1. The number of hydrogen-bond acceptors (Lipinski definition) is 3. The van der Waals surface area contributed by atoms with Crippen LogP contribution in [0.4, 0.5) is 0 Å². The van der Waals surface area contributed by atoms with E-state index in [1.807, 2.05) is 12.1 Å². The Morgan fingerprint density at radius 2 is 2.00 bits per heavy atom. The van der Waals surface area contributed by atoms with Gasteiger partial charge < -0.3 is 0 Å². The SMILES string of the molecule is CCC[C@H]1C=C(S(=O)(=O)c2ccccc2)C[C@H]2CCCN21. The van der Waals surface area contributed by atoms with Crippen LogP contribution in [-0.4, -0.2) is 31.9 Å². The summed E-state index contributed by atoms with van der Waals surface area (Å²) in [6.07, 6.45) is 7.15. The van der Waals surface area contributed by atoms with Crippen molar-refractivity contribution in [3.63, 3.8) is 0 Å². The molecule has 2 aliphatic heterocycles. The third-order valence-corrected chi connectivity index (χ3v) is 6.53. The molecule has 4 heteroatoms. The number of fused-ring (bicyclic) bond motifs is 1. The van der Waals surface area contributed by atoms with E-state index < -0.39 is 9.84 Å². The van der Waals surface area contributed by atoms with E-state index >= 15 is 0 Å². The fourth-order valence-electron chi connectivity index (χ4n) is 3.62.